The molecule has 4 nitrogen and oxygen atoms in total. The van der Waals surface area contributed by atoms with Gasteiger partial charge < -0.3 is 10.2 Å². The van der Waals surface area contributed by atoms with Gasteiger partial charge in [-0.2, -0.15) is 11.3 Å². The fourth-order valence-corrected chi connectivity index (χ4v) is 3.44. The van der Waals surface area contributed by atoms with E-state index in [9.17, 15) is 9.59 Å². The summed E-state index contributed by atoms with van der Waals surface area (Å²) in [5, 5.41) is 6.89. The van der Waals surface area contributed by atoms with Crippen LogP contribution in [0.5, 0.6) is 0 Å². The van der Waals surface area contributed by atoms with Crippen molar-refractivity contribution in [2.45, 2.75) is 45.2 Å². The average Bonchev–Trinajstić information content (AvgIpc) is 2.95. The van der Waals surface area contributed by atoms with Crippen molar-refractivity contribution < 1.29 is 9.59 Å². The van der Waals surface area contributed by atoms with Gasteiger partial charge in [0.05, 0.1) is 0 Å². The van der Waals surface area contributed by atoms with Crippen LogP contribution in [0.3, 0.4) is 0 Å². The summed E-state index contributed by atoms with van der Waals surface area (Å²) in [6.45, 7) is 6.01. The second-order valence-electron chi connectivity index (χ2n) is 5.25. The highest BCUT2D eigenvalue weighted by atomic mass is 32.1. The molecule has 1 saturated heterocycles. The Morgan fingerprint density at radius 1 is 1.53 bits per heavy atom. The maximum absolute atomic E-state index is 12.3. The van der Waals surface area contributed by atoms with Crippen molar-refractivity contribution in [2.24, 2.45) is 0 Å². The van der Waals surface area contributed by atoms with Gasteiger partial charge in [0.25, 0.3) is 0 Å². The van der Waals surface area contributed by atoms with E-state index in [0.29, 0.717) is 5.92 Å². The zero-order valence-electron chi connectivity index (χ0n) is 11.6. The fraction of sp³-hybridized carbons (Fsp3) is 0.571. The number of likely N-dealkylation sites (tertiary alicyclic amines) is 1. The lowest BCUT2D eigenvalue weighted by Gasteiger charge is -2.25. The number of hydrogen-bond acceptors (Lipinski definition) is 3. The van der Waals surface area contributed by atoms with Gasteiger partial charge in [-0.1, -0.05) is 0 Å². The first-order valence-electron chi connectivity index (χ1n) is 6.58. The Kier molecular flexibility index (Phi) is 4.24. The Bertz CT molecular complexity index is 458. The molecule has 1 aromatic heterocycles. The first-order chi connectivity index (χ1) is 8.99. The molecular weight excluding hydrogens is 260 g/mol. The van der Waals surface area contributed by atoms with Crippen LogP contribution in [0, 0.1) is 0 Å². The van der Waals surface area contributed by atoms with Crippen molar-refractivity contribution in [3.63, 3.8) is 0 Å². The first kappa shape index (κ1) is 14.1. The van der Waals surface area contributed by atoms with Crippen molar-refractivity contribution in [3.8, 4) is 0 Å². The number of amides is 2. The third-order valence-electron chi connectivity index (χ3n) is 3.66. The van der Waals surface area contributed by atoms with Crippen LogP contribution >= 0.6 is 11.3 Å². The number of hydrogen-bond donors (Lipinski definition) is 1. The highest BCUT2D eigenvalue weighted by Crippen LogP contribution is 2.32. The number of carbonyl (C=O) groups is 2. The van der Waals surface area contributed by atoms with Crippen molar-refractivity contribution in [1.82, 2.24) is 10.2 Å². The molecule has 0 bridgehead atoms. The predicted molar refractivity (Wildman–Crippen MR) is 76.1 cm³/mol. The number of nitrogens with one attached hydrogen (secondary N) is 1. The highest BCUT2D eigenvalue weighted by molar-refractivity contribution is 7.07. The molecule has 3 unspecified atom stereocenters. The molecule has 19 heavy (non-hydrogen) atoms. The van der Waals surface area contributed by atoms with Crippen molar-refractivity contribution >= 4 is 23.2 Å². The van der Waals surface area contributed by atoms with E-state index in [2.05, 4.69) is 29.1 Å². The zero-order chi connectivity index (χ0) is 14.0. The summed E-state index contributed by atoms with van der Waals surface area (Å²) in [7, 11) is 0. The monoisotopic (exact) mass is 280 g/mol. The minimum atomic E-state index is -0.443. The van der Waals surface area contributed by atoms with Crippen LogP contribution in [0.1, 0.15) is 38.7 Å². The number of nitrogens with zero attached hydrogens (tertiary/aromatic N) is 1. The molecule has 1 N–H and O–H groups in total. The van der Waals surface area contributed by atoms with E-state index >= 15 is 0 Å². The van der Waals surface area contributed by atoms with Crippen LogP contribution in [0.25, 0.3) is 0 Å². The predicted octanol–water partition coefficient (Wildman–Crippen LogP) is 1.98. The fourth-order valence-electron chi connectivity index (χ4n) is 2.70. The standard InChI is InChI=1S/C14H20N2O2S/c1-9-6-13(12-4-5-19-8-12)7-16(9)14(18)10(2)15-11(3)17/h4-5,8-10,13H,6-7H2,1-3H3,(H,15,17). The molecule has 5 heteroatoms. The third-order valence-corrected chi connectivity index (χ3v) is 4.36. The molecule has 2 heterocycles. The molecule has 0 saturated carbocycles. The Morgan fingerprint density at radius 3 is 2.84 bits per heavy atom. The molecule has 1 fully saturated rings. The molecule has 1 aliphatic heterocycles. The molecule has 0 spiro atoms. The average molecular weight is 280 g/mol. The SMILES string of the molecule is CC(=O)NC(C)C(=O)N1CC(c2ccsc2)CC1C. The van der Waals surface area contributed by atoms with Crippen LogP contribution in [0.4, 0.5) is 0 Å². The lowest BCUT2D eigenvalue weighted by molar-refractivity contribution is -0.136. The van der Waals surface area contributed by atoms with Crippen molar-refractivity contribution in [2.75, 3.05) is 6.54 Å². The van der Waals surface area contributed by atoms with E-state index in [0.717, 1.165) is 13.0 Å². The van der Waals surface area contributed by atoms with Gasteiger partial charge in [0.15, 0.2) is 0 Å². The second kappa shape index (κ2) is 5.74. The van der Waals surface area contributed by atoms with E-state index in [1.54, 1.807) is 18.3 Å². The quantitative estimate of drug-likeness (QED) is 0.920. The summed E-state index contributed by atoms with van der Waals surface area (Å²) in [5.74, 6) is 0.275. The molecule has 1 aromatic rings. The summed E-state index contributed by atoms with van der Waals surface area (Å²) in [6, 6.07) is 1.92. The summed E-state index contributed by atoms with van der Waals surface area (Å²) >= 11 is 1.69. The van der Waals surface area contributed by atoms with Gasteiger partial charge in [-0.05, 0) is 42.7 Å². The Hall–Kier alpha value is -1.36. The lowest BCUT2D eigenvalue weighted by Crippen LogP contribution is -2.47. The van der Waals surface area contributed by atoms with Gasteiger partial charge in [0, 0.05) is 25.4 Å². The van der Waals surface area contributed by atoms with Crippen LogP contribution in [-0.4, -0.2) is 35.3 Å². The van der Waals surface area contributed by atoms with E-state index in [1.807, 2.05) is 4.90 Å². The van der Waals surface area contributed by atoms with Gasteiger partial charge in [-0.25, -0.2) is 0 Å². The lowest BCUT2D eigenvalue weighted by atomic mass is 10.00. The minimum Gasteiger partial charge on any atom is -0.345 e. The van der Waals surface area contributed by atoms with Crippen LogP contribution in [-0.2, 0) is 9.59 Å². The van der Waals surface area contributed by atoms with Gasteiger partial charge in [0.2, 0.25) is 11.8 Å². The topological polar surface area (TPSA) is 49.4 Å². The first-order valence-corrected chi connectivity index (χ1v) is 7.53. The minimum absolute atomic E-state index is 0.0143. The molecule has 0 aromatic carbocycles. The summed E-state index contributed by atoms with van der Waals surface area (Å²) in [6.07, 6.45) is 0.995. The zero-order valence-corrected chi connectivity index (χ0v) is 12.4. The molecule has 2 rings (SSSR count). The summed E-state index contributed by atoms with van der Waals surface area (Å²) < 4.78 is 0. The van der Waals surface area contributed by atoms with E-state index in [-0.39, 0.29) is 17.9 Å². The number of carbonyl (C=O) groups excluding carboxylic acids is 2. The van der Waals surface area contributed by atoms with E-state index < -0.39 is 6.04 Å². The molecule has 1 aliphatic rings. The molecule has 2 amide bonds. The maximum atomic E-state index is 12.3. The van der Waals surface area contributed by atoms with Gasteiger partial charge in [0.1, 0.15) is 6.04 Å². The maximum Gasteiger partial charge on any atom is 0.245 e. The summed E-state index contributed by atoms with van der Waals surface area (Å²) in [4.78, 5) is 25.2. The second-order valence-corrected chi connectivity index (χ2v) is 6.03. The van der Waals surface area contributed by atoms with Crippen molar-refractivity contribution in [1.29, 1.82) is 0 Å². The third kappa shape index (κ3) is 3.15. The molecule has 104 valence electrons. The van der Waals surface area contributed by atoms with E-state index in [1.165, 1.54) is 12.5 Å². The Morgan fingerprint density at radius 2 is 2.26 bits per heavy atom. The molecule has 0 radical (unpaired) electrons. The molecule has 0 aliphatic carbocycles. The van der Waals surface area contributed by atoms with E-state index in [4.69, 9.17) is 0 Å². The van der Waals surface area contributed by atoms with Crippen LogP contribution < -0.4 is 5.32 Å². The highest BCUT2D eigenvalue weighted by Gasteiger charge is 2.35. The Labute approximate surface area is 117 Å². The van der Waals surface area contributed by atoms with Crippen molar-refractivity contribution in [3.05, 3.63) is 22.4 Å². The summed E-state index contributed by atoms with van der Waals surface area (Å²) in [5.41, 5.74) is 1.32. The van der Waals surface area contributed by atoms with Gasteiger partial charge >= 0.3 is 0 Å². The largest absolute Gasteiger partial charge is 0.345 e. The van der Waals surface area contributed by atoms with Gasteiger partial charge in [-0.3, -0.25) is 9.59 Å². The Balaban J connectivity index is 2.01. The number of thiophene rings is 1. The molecular formula is C14H20N2O2S. The van der Waals surface area contributed by atoms with Crippen LogP contribution in [0.2, 0.25) is 0 Å². The van der Waals surface area contributed by atoms with Crippen LogP contribution in [0.15, 0.2) is 16.8 Å². The normalized spacial score (nSPS) is 24.3. The van der Waals surface area contributed by atoms with Gasteiger partial charge in [-0.15, -0.1) is 0 Å². The number of rotatable bonds is 3. The smallest absolute Gasteiger partial charge is 0.245 e. The molecule has 3 atom stereocenters.